The predicted molar refractivity (Wildman–Crippen MR) is 97.9 cm³/mol. The molecule has 0 fully saturated rings. The Hall–Kier alpha value is -2.02. The minimum absolute atomic E-state index is 0.0383. The molecule has 0 spiro atoms. The van der Waals surface area contributed by atoms with Gasteiger partial charge in [-0.3, -0.25) is 9.36 Å². The Morgan fingerprint density at radius 2 is 1.92 bits per heavy atom. The molecule has 0 saturated heterocycles. The highest BCUT2D eigenvalue weighted by Gasteiger charge is 2.25. The topological polar surface area (TPSA) is 77.0 Å². The van der Waals surface area contributed by atoms with Gasteiger partial charge in [-0.05, 0) is 32.8 Å². The number of aromatic nitrogens is 3. The summed E-state index contributed by atoms with van der Waals surface area (Å²) in [7, 11) is 0. The highest BCUT2D eigenvalue weighted by atomic mass is 32.2. The molecule has 7 heteroatoms. The summed E-state index contributed by atoms with van der Waals surface area (Å²) in [4.78, 5) is 14.4. The number of nitrogens with zero attached hydrogens (tertiary/aromatic N) is 4. The number of likely N-dealkylation sites (N-methyl/N-ethyl adjacent to an activating group) is 1. The van der Waals surface area contributed by atoms with Gasteiger partial charge in [0.05, 0.1) is 0 Å². The molecular weight excluding hydrogens is 322 g/mol. The molecule has 0 saturated carbocycles. The first kappa shape index (κ1) is 18.3. The number of nitrogens with two attached hydrogens (primary N) is 1. The van der Waals surface area contributed by atoms with Crippen LogP contribution in [0, 0.1) is 0 Å². The minimum Gasteiger partial charge on any atom is -0.368 e. The second-order valence-corrected chi connectivity index (χ2v) is 6.54. The lowest BCUT2D eigenvalue weighted by atomic mass is 10.2. The predicted octanol–water partition coefficient (Wildman–Crippen LogP) is 2.62. The third-order valence-electron chi connectivity index (χ3n) is 3.98. The van der Waals surface area contributed by atoms with Gasteiger partial charge in [0.15, 0.2) is 5.16 Å². The molecule has 1 aromatic heterocycles. The van der Waals surface area contributed by atoms with Crippen molar-refractivity contribution in [3.05, 3.63) is 35.9 Å². The summed E-state index contributed by atoms with van der Waals surface area (Å²) in [5, 5.41) is 8.79. The van der Waals surface area contributed by atoms with Gasteiger partial charge in [-0.1, -0.05) is 42.1 Å². The summed E-state index contributed by atoms with van der Waals surface area (Å²) in [5.41, 5.74) is 7.23. The maximum atomic E-state index is 12.6. The molecule has 1 unspecified atom stereocenters. The van der Waals surface area contributed by atoms with Gasteiger partial charge in [-0.2, -0.15) is 0 Å². The minimum atomic E-state index is -0.404. The molecule has 2 rings (SSSR count). The van der Waals surface area contributed by atoms with Gasteiger partial charge in [0.25, 0.3) is 0 Å². The van der Waals surface area contributed by atoms with Crippen molar-refractivity contribution in [3.63, 3.8) is 0 Å². The molecule has 1 amide bonds. The van der Waals surface area contributed by atoms with E-state index >= 15 is 0 Å². The van der Waals surface area contributed by atoms with Crippen molar-refractivity contribution in [2.75, 3.05) is 24.6 Å². The molecule has 24 heavy (non-hydrogen) atoms. The van der Waals surface area contributed by atoms with Crippen LogP contribution >= 0.6 is 11.8 Å². The summed E-state index contributed by atoms with van der Waals surface area (Å²) >= 11 is 1.57. The molecule has 2 N–H and O–H groups in total. The Balaban J connectivity index is 2.06. The number of hydrogen-bond acceptors (Lipinski definition) is 5. The molecule has 0 bridgehead atoms. The van der Waals surface area contributed by atoms with E-state index in [0.717, 1.165) is 12.2 Å². The van der Waals surface area contributed by atoms with Gasteiger partial charge in [-0.15, -0.1) is 10.2 Å². The zero-order valence-corrected chi connectivity index (χ0v) is 15.3. The van der Waals surface area contributed by atoms with E-state index < -0.39 is 6.04 Å². The molecule has 2 aromatic rings. The highest BCUT2D eigenvalue weighted by molar-refractivity contribution is 7.99. The number of thioether (sulfide) groups is 1. The van der Waals surface area contributed by atoms with Gasteiger partial charge in [0, 0.05) is 18.8 Å². The molecule has 130 valence electrons. The fraction of sp³-hybridized carbons (Fsp3) is 0.471. The van der Waals surface area contributed by atoms with Gasteiger partial charge in [0.2, 0.25) is 11.9 Å². The van der Waals surface area contributed by atoms with Crippen LogP contribution in [0.2, 0.25) is 0 Å². The van der Waals surface area contributed by atoms with Crippen LogP contribution in [-0.4, -0.2) is 44.4 Å². The SMILES string of the molecule is CCN(CC)C(=O)C(C)n1c(N)nnc1SCCc1ccccc1. The number of amides is 1. The Morgan fingerprint density at radius 3 is 2.54 bits per heavy atom. The lowest BCUT2D eigenvalue weighted by Crippen LogP contribution is -2.36. The van der Waals surface area contributed by atoms with Crippen molar-refractivity contribution in [2.24, 2.45) is 0 Å². The maximum Gasteiger partial charge on any atom is 0.245 e. The second kappa shape index (κ2) is 8.73. The van der Waals surface area contributed by atoms with E-state index in [2.05, 4.69) is 22.3 Å². The van der Waals surface area contributed by atoms with Crippen LogP contribution in [0.3, 0.4) is 0 Å². The summed E-state index contributed by atoms with van der Waals surface area (Å²) in [6.07, 6.45) is 0.927. The molecule has 0 aliphatic carbocycles. The summed E-state index contributed by atoms with van der Waals surface area (Å²) < 4.78 is 1.73. The van der Waals surface area contributed by atoms with Crippen LogP contribution in [0.4, 0.5) is 5.95 Å². The zero-order valence-electron chi connectivity index (χ0n) is 14.5. The first-order valence-corrected chi connectivity index (χ1v) is 9.22. The van der Waals surface area contributed by atoms with E-state index in [4.69, 9.17) is 5.73 Å². The van der Waals surface area contributed by atoms with Crippen LogP contribution in [0.15, 0.2) is 35.5 Å². The largest absolute Gasteiger partial charge is 0.368 e. The average molecular weight is 347 g/mol. The fourth-order valence-corrected chi connectivity index (χ4v) is 3.58. The van der Waals surface area contributed by atoms with Crippen LogP contribution in [0.1, 0.15) is 32.4 Å². The molecule has 6 nitrogen and oxygen atoms in total. The summed E-state index contributed by atoms with van der Waals surface area (Å²) in [6.45, 7) is 7.15. The van der Waals surface area contributed by atoms with Crippen molar-refractivity contribution in [3.8, 4) is 0 Å². The van der Waals surface area contributed by atoms with Crippen LogP contribution in [0.5, 0.6) is 0 Å². The van der Waals surface area contributed by atoms with Crippen LogP contribution in [-0.2, 0) is 11.2 Å². The normalized spacial score (nSPS) is 12.1. The number of benzene rings is 1. The van der Waals surface area contributed by atoms with Gasteiger partial charge in [0.1, 0.15) is 6.04 Å². The highest BCUT2D eigenvalue weighted by Crippen LogP contribution is 2.24. The lowest BCUT2D eigenvalue weighted by Gasteiger charge is -2.24. The first-order valence-electron chi connectivity index (χ1n) is 8.24. The fourth-order valence-electron chi connectivity index (χ4n) is 2.57. The number of carbonyl (C=O) groups excluding carboxylic acids is 1. The number of rotatable bonds is 8. The van der Waals surface area contributed by atoms with E-state index in [9.17, 15) is 4.79 Å². The third-order valence-corrected chi connectivity index (χ3v) is 4.92. The average Bonchev–Trinajstić information content (AvgIpc) is 2.97. The monoisotopic (exact) mass is 347 g/mol. The number of carbonyl (C=O) groups is 1. The van der Waals surface area contributed by atoms with Crippen LogP contribution < -0.4 is 5.73 Å². The van der Waals surface area contributed by atoms with Crippen molar-refractivity contribution in [1.29, 1.82) is 0 Å². The zero-order chi connectivity index (χ0) is 17.5. The van der Waals surface area contributed by atoms with Gasteiger partial charge < -0.3 is 10.6 Å². The van der Waals surface area contributed by atoms with Crippen molar-refractivity contribution in [1.82, 2.24) is 19.7 Å². The molecule has 0 radical (unpaired) electrons. The van der Waals surface area contributed by atoms with Crippen molar-refractivity contribution in [2.45, 2.75) is 38.4 Å². The van der Waals surface area contributed by atoms with E-state index in [0.29, 0.717) is 18.2 Å². The standard InChI is InChI=1S/C17H25N5OS/c1-4-21(5-2)15(23)13(3)22-16(18)19-20-17(22)24-12-11-14-9-7-6-8-10-14/h6-10,13H,4-5,11-12H2,1-3H3,(H2,18,19). The van der Waals surface area contributed by atoms with Gasteiger partial charge in [-0.25, -0.2) is 0 Å². The number of hydrogen-bond donors (Lipinski definition) is 1. The Labute approximate surface area is 147 Å². The number of nitrogen functional groups attached to an aromatic ring is 1. The van der Waals surface area contributed by atoms with E-state index in [1.54, 1.807) is 21.2 Å². The quantitative estimate of drug-likeness (QED) is 0.743. The molecular formula is C17H25N5OS. The molecule has 0 aliphatic rings. The molecule has 1 atom stereocenters. The lowest BCUT2D eigenvalue weighted by molar-refractivity contribution is -0.134. The molecule has 0 aliphatic heterocycles. The third kappa shape index (κ3) is 4.29. The van der Waals surface area contributed by atoms with E-state index in [-0.39, 0.29) is 11.9 Å². The van der Waals surface area contributed by atoms with E-state index in [1.165, 1.54) is 5.56 Å². The maximum absolute atomic E-state index is 12.6. The Kier molecular flexibility index (Phi) is 6.66. The smallest absolute Gasteiger partial charge is 0.245 e. The Bertz CT molecular complexity index is 654. The summed E-state index contributed by atoms with van der Waals surface area (Å²) in [5.74, 6) is 1.18. The van der Waals surface area contributed by atoms with Crippen LogP contribution in [0.25, 0.3) is 0 Å². The first-order chi connectivity index (χ1) is 11.6. The summed E-state index contributed by atoms with van der Waals surface area (Å²) in [6, 6.07) is 9.88. The number of aryl methyl sites for hydroxylation is 1. The number of anilines is 1. The molecule has 1 heterocycles. The van der Waals surface area contributed by atoms with Crippen molar-refractivity contribution >= 4 is 23.6 Å². The van der Waals surface area contributed by atoms with E-state index in [1.807, 2.05) is 39.0 Å². The second-order valence-electron chi connectivity index (χ2n) is 5.48. The van der Waals surface area contributed by atoms with Gasteiger partial charge >= 0.3 is 0 Å². The molecule has 1 aromatic carbocycles. The van der Waals surface area contributed by atoms with Crippen molar-refractivity contribution < 1.29 is 4.79 Å². The Morgan fingerprint density at radius 1 is 1.25 bits per heavy atom.